The van der Waals surface area contributed by atoms with Crippen LogP contribution in [-0.2, 0) is 5.60 Å². The van der Waals surface area contributed by atoms with Gasteiger partial charge in [0, 0.05) is 0 Å². The number of aliphatic hydroxyl groups is 1. The third-order valence-corrected chi connectivity index (χ3v) is 6.67. The number of rotatable bonds is 4. The van der Waals surface area contributed by atoms with E-state index >= 15 is 0 Å². The molecule has 0 aliphatic carbocycles. The fourth-order valence-corrected chi connectivity index (χ4v) is 5.70. The molecule has 2 aromatic carbocycles. The molecule has 0 atom stereocenters. The van der Waals surface area contributed by atoms with Crippen molar-refractivity contribution in [1.29, 1.82) is 0 Å². The first-order valence-electron chi connectivity index (χ1n) is 7.80. The molecule has 0 spiro atoms. The molecule has 1 N–H and O–H groups in total. The molecular formula is C19H24NOSe+. The SMILES string of the molecule is C[N+](C)(C)CCCC1(O)c2ccccc2[Se]c2ccccc21. The fraction of sp³-hybridized carbons (Fsp3) is 0.368. The van der Waals surface area contributed by atoms with Crippen molar-refractivity contribution in [1.82, 2.24) is 0 Å². The molecule has 0 saturated carbocycles. The molecule has 1 aliphatic rings. The van der Waals surface area contributed by atoms with E-state index in [1.165, 1.54) is 8.92 Å². The minimum absolute atomic E-state index is 0.291. The van der Waals surface area contributed by atoms with E-state index in [-0.39, 0.29) is 0 Å². The van der Waals surface area contributed by atoms with Crippen LogP contribution in [-0.4, -0.2) is 52.2 Å². The molecule has 3 heteroatoms. The predicted molar refractivity (Wildman–Crippen MR) is 93.0 cm³/mol. The molecule has 2 nitrogen and oxygen atoms in total. The Kier molecular flexibility index (Phi) is 4.17. The molecule has 0 radical (unpaired) electrons. The second-order valence-electron chi connectivity index (χ2n) is 7.07. The maximum absolute atomic E-state index is 11.6. The topological polar surface area (TPSA) is 20.2 Å². The summed E-state index contributed by atoms with van der Waals surface area (Å²) in [6.45, 7) is 1.07. The summed E-state index contributed by atoms with van der Waals surface area (Å²) in [5.74, 6) is 0. The normalized spacial score (nSPS) is 16.0. The van der Waals surface area contributed by atoms with Crippen molar-refractivity contribution in [3.63, 3.8) is 0 Å². The quantitative estimate of drug-likeness (QED) is 0.644. The van der Waals surface area contributed by atoms with Gasteiger partial charge in [0.2, 0.25) is 0 Å². The van der Waals surface area contributed by atoms with Gasteiger partial charge in [-0.2, -0.15) is 0 Å². The van der Waals surface area contributed by atoms with Crippen molar-refractivity contribution in [3.05, 3.63) is 59.7 Å². The van der Waals surface area contributed by atoms with Gasteiger partial charge in [-0.15, -0.1) is 0 Å². The van der Waals surface area contributed by atoms with Gasteiger partial charge >= 0.3 is 139 Å². The van der Waals surface area contributed by atoms with Gasteiger partial charge in [-0.1, -0.05) is 0 Å². The summed E-state index contributed by atoms with van der Waals surface area (Å²) in [5, 5.41) is 11.6. The molecule has 0 aromatic heterocycles. The van der Waals surface area contributed by atoms with Crippen molar-refractivity contribution in [2.75, 3.05) is 27.7 Å². The van der Waals surface area contributed by atoms with Crippen LogP contribution >= 0.6 is 0 Å². The molecule has 0 saturated heterocycles. The first kappa shape index (κ1) is 15.8. The van der Waals surface area contributed by atoms with E-state index in [9.17, 15) is 5.11 Å². The van der Waals surface area contributed by atoms with E-state index in [0.29, 0.717) is 15.0 Å². The number of fused-ring (bicyclic) bond motifs is 2. The average molecular weight is 361 g/mol. The van der Waals surface area contributed by atoms with Gasteiger partial charge in [-0.05, 0) is 0 Å². The van der Waals surface area contributed by atoms with Crippen molar-refractivity contribution >= 4 is 23.9 Å². The third kappa shape index (κ3) is 3.00. The Labute approximate surface area is 139 Å². The Morgan fingerprint density at radius 1 is 0.909 bits per heavy atom. The number of hydrogen-bond donors (Lipinski definition) is 1. The van der Waals surface area contributed by atoms with Crippen LogP contribution in [0, 0.1) is 0 Å². The molecule has 116 valence electrons. The second-order valence-corrected chi connectivity index (χ2v) is 9.35. The molecule has 0 unspecified atom stereocenters. The van der Waals surface area contributed by atoms with E-state index in [1.807, 2.05) is 12.1 Å². The molecule has 22 heavy (non-hydrogen) atoms. The van der Waals surface area contributed by atoms with Crippen LogP contribution in [0.4, 0.5) is 0 Å². The predicted octanol–water partition coefficient (Wildman–Crippen LogP) is 1.38. The van der Waals surface area contributed by atoms with Crippen molar-refractivity contribution in [3.8, 4) is 0 Å². The Balaban J connectivity index is 1.98. The van der Waals surface area contributed by atoms with Crippen LogP contribution in [0.3, 0.4) is 0 Å². The summed E-state index contributed by atoms with van der Waals surface area (Å²) in [5.41, 5.74) is 1.41. The molecule has 2 aromatic rings. The van der Waals surface area contributed by atoms with Crippen LogP contribution in [0.5, 0.6) is 0 Å². The Bertz CT molecular complexity index is 630. The van der Waals surface area contributed by atoms with Crippen LogP contribution in [0.2, 0.25) is 0 Å². The zero-order chi connectivity index (χ0) is 15.8. The monoisotopic (exact) mass is 362 g/mol. The van der Waals surface area contributed by atoms with Crippen LogP contribution in [0.15, 0.2) is 48.5 Å². The van der Waals surface area contributed by atoms with Crippen LogP contribution < -0.4 is 8.92 Å². The van der Waals surface area contributed by atoms with Crippen LogP contribution in [0.25, 0.3) is 0 Å². The standard InChI is InChI=1S/C19H24NOSe/c1-20(2,3)14-8-13-19(21)15-9-4-6-11-17(15)22-18-12-7-5-10-16(18)19/h4-7,9-12,21H,8,13-14H2,1-3H3/q+1. The zero-order valence-corrected chi connectivity index (χ0v) is 15.3. The van der Waals surface area contributed by atoms with E-state index in [0.717, 1.165) is 35.0 Å². The summed E-state index contributed by atoms with van der Waals surface area (Å²) in [6, 6.07) is 16.8. The van der Waals surface area contributed by atoms with Gasteiger partial charge in [0.1, 0.15) is 0 Å². The third-order valence-electron chi connectivity index (χ3n) is 4.25. The molecule has 1 aliphatic heterocycles. The summed E-state index contributed by atoms with van der Waals surface area (Å²) in [7, 11) is 6.61. The van der Waals surface area contributed by atoms with Gasteiger partial charge in [0.25, 0.3) is 0 Å². The maximum atomic E-state index is 11.6. The molecule has 0 fully saturated rings. The zero-order valence-electron chi connectivity index (χ0n) is 13.5. The first-order chi connectivity index (χ1) is 10.4. The summed E-state index contributed by atoms with van der Waals surface area (Å²) >= 11 is 0.291. The summed E-state index contributed by atoms with van der Waals surface area (Å²) in [4.78, 5) is 0. The summed E-state index contributed by atoms with van der Waals surface area (Å²) < 4.78 is 3.58. The van der Waals surface area contributed by atoms with E-state index in [1.54, 1.807) is 0 Å². The van der Waals surface area contributed by atoms with E-state index in [4.69, 9.17) is 0 Å². The molecule has 1 heterocycles. The molecule has 3 rings (SSSR count). The summed E-state index contributed by atoms with van der Waals surface area (Å²) in [6.07, 6.45) is 1.79. The molecule has 0 bridgehead atoms. The average Bonchev–Trinajstić information content (AvgIpc) is 2.46. The van der Waals surface area contributed by atoms with Gasteiger partial charge in [-0.25, -0.2) is 0 Å². The van der Waals surface area contributed by atoms with E-state index in [2.05, 4.69) is 57.5 Å². The van der Waals surface area contributed by atoms with Crippen LogP contribution in [0.1, 0.15) is 24.0 Å². The second kappa shape index (κ2) is 5.82. The number of hydrogen-bond acceptors (Lipinski definition) is 1. The Hall–Kier alpha value is -1.12. The van der Waals surface area contributed by atoms with E-state index < -0.39 is 5.60 Å². The number of quaternary nitrogens is 1. The van der Waals surface area contributed by atoms with Gasteiger partial charge in [0.15, 0.2) is 0 Å². The Morgan fingerprint density at radius 2 is 1.41 bits per heavy atom. The van der Waals surface area contributed by atoms with Crippen molar-refractivity contribution < 1.29 is 9.59 Å². The Morgan fingerprint density at radius 3 is 1.91 bits per heavy atom. The number of nitrogens with zero attached hydrogens (tertiary/aromatic N) is 1. The fourth-order valence-electron chi connectivity index (χ4n) is 3.14. The van der Waals surface area contributed by atoms with Gasteiger partial charge in [0.05, 0.1) is 0 Å². The molecule has 0 amide bonds. The van der Waals surface area contributed by atoms with Gasteiger partial charge < -0.3 is 0 Å². The first-order valence-corrected chi connectivity index (χ1v) is 9.51. The van der Waals surface area contributed by atoms with Crippen molar-refractivity contribution in [2.45, 2.75) is 18.4 Å². The van der Waals surface area contributed by atoms with Gasteiger partial charge in [-0.3, -0.25) is 0 Å². The van der Waals surface area contributed by atoms with Crippen molar-refractivity contribution in [2.24, 2.45) is 0 Å². The number of benzene rings is 2. The molecular weight excluding hydrogens is 337 g/mol. The minimum atomic E-state index is -0.831.